The van der Waals surface area contributed by atoms with Crippen molar-refractivity contribution in [2.75, 3.05) is 13.1 Å². The third-order valence-corrected chi connectivity index (χ3v) is 3.63. The van der Waals surface area contributed by atoms with Crippen molar-refractivity contribution in [3.63, 3.8) is 0 Å². The smallest absolute Gasteiger partial charge is 0.191 e. The second-order valence-corrected chi connectivity index (χ2v) is 5.88. The molecule has 0 saturated heterocycles. The first kappa shape index (κ1) is 20.2. The maximum absolute atomic E-state index is 13.9. The Kier molecular flexibility index (Phi) is 7.56. The van der Waals surface area contributed by atoms with Gasteiger partial charge in [0.05, 0.1) is 24.7 Å². The first-order chi connectivity index (χ1) is 13.0. The Bertz CT molecular complexity index is 816. The van der Waals surface area contributed by atoms with Crippen molar-refractivity contribution in [1.82, 2.24) is 10.6 Å². The predicted molar refractivity (Wildman–Crippen MR) is 100 cm³/mol. The number of hydrogen-bond donors (Lipinski definition) is 2. The van der Waals surface area contributed by atoms with Crippen molar-refractivity contribution >= 4 is 5.96 Å². The average molecular weight is 372 g/mol. The van der Waals surface area contributed by atoms with E-state index < -0.39 is 5.82 Å². The van der Waals surface area contributed by atoms with Gasteiger partial charge in [-0.05, 0) is 56.3 Å². The molecule has 0 aromatic heterocycles. The zero-order chi connectivity index (χ0) is 19.6. The summed E-state index contributed by atoms with van der Waals surface area (Å²) in [7, 11) is 0. The number of nitrogens with one attached hydrogen (secondary N) is 2. The van der Waals surface area contributed by atoms with Gasteiger partial charge in [-0.2, -0.15) is 5.26 Å². The van der Waals surface area contributed by atoms with Gasteiger partial charge in [0.25, 0.3) is 0 Å². The molecule has 7 heteroatoms. The molecule has 0 radical (unpaired) electrons. The molecule has 0 spiro atoms. The fraction of sp³-hybridized carbons (Fsp3) is 0.300. The fourth-order valence-electron chi connectivity index (χ4n) is 2.30. The minimum Gasteiger partial charge on any atom is -0.489 e. The summed E-state index contributed by atoms with van der Waals surface area (Å²) >= 11 is 0. The summed E-state index contributed by atoms with van der Waals surface area (Å²) in [5, 5.41) is 15.1. The molecule has 0 heterocycles. The Balaban J connectivity index is 1.95. The Hall–Kier alpha value is -3.14. The summed E-state index contributed by atoms with van der Waals surface area (Å²) in [6.07, 6.45) is -0.196. The number of nitriles is 1. The molecule has 2 aromatic carbocycles. The molecule has 0 saturated carbocycles. The molecule has 5 nitrogen and oxygen atoms in total. The summed E-state index contributed by atoms with van der Waals surface area (Å²) in [5.74, 6) is 0.362. The van der Waals surface area contributed by atoms with Crippen molar-refractivity contribution in [1.29, 1.82) is 5.26 Å². The second kappa shape index (κ2) is 10.1. The van der Waals surface area contributed by atoms with Crippen molar-refractivity contribution in [3.05, 3.63) is 65.2 Å². The molecule has 2 N–H and O–H groups in total. The van der Waals surface area contributed by atoms with Crippen molar-refractivity contribution in [2.24, 2.45) is 4.99 Å². The summed E-state index contributed by atoms with van der Waals surface area (Å²) < 4.78 is 32.5. The number of nitrogens with zero attached hydrogens (tertiary/aromatic N) is 2. The molecule has 0 aliphatic carbocycles. The summed E-state index contributed by atoms with van der Waals surface area (Å²) in [6, 6.07) is 12.0. The van der Waals surface area contributed by atoms with Crippen LogP contribution in [0.15, 0.2) is 47.5 Å². The molecule has 0 aliphatic heterocycles. The topological polar surface area (TPSA) is 69.4 Å². The van der Waals surface area contributed by atoms with Gasteiger partial charge in [-0.1, -0.05) is 0 Å². The van der Waals surface area contributed by atoms with Crippen molar-refractivity contribution in [2.45, 2.75) is 26.5 Å². The van der Waals surface area contributed by atoms with Crippen LogP contribution in [0.1, 0.15) is 25.0 Å². The Morgan fingerprint density at radius 2 is 1.93 bits per heavy atom. The lowest BCUT2D eigenvalue weighted by Crippen LogP contribution is -2.41. The van der Waals surface area contributed by atoms with Crippen LogP contribution in [-0.4, -0.2) is 25.2 Å². The lowest BCUT2D eigenvalue weighted by molar-refractivity contribution is 0.223. The van der Waals surface area contributed by atoms with Gasteiger partial charge in [0.2, 0.25) is 0 Å². The summed E-state index contributed by atoms with van der Waals surface area (Å²) in [4.78, 5) is 4.35. The third kappa shape index (κ3) is 6.59. The van der Waals surface area contributed by atoms with Crippen LogP contribution in [0.5, 0.6) is 5.75 Å². The molecule has 27 heavy (non-hydrogen) atoms. The van der Waals surface area contributed by atoms with E-state index in [9.17, 15) is 8.78 Å². The van der Waals surface area contributed by atoms with Gasteiger partial charge in [-0.25, -0.2) is 13.8 Å². The number of hydrogen-bond acceptors (Lipinski definition) is 3. The number of ether oxygens (including phenoxy) is 1. The number of aliphatic imine (C=N–C) groups is 1. The molecule has 0 amide bonds. The Labute approximate surface area is 157 Å². The molecule has 1 atom stereocenters. The predicted octanol–water partition coefficient (Wildman–Crippen LogP) is 3.36. The van der Waals surface area contributed by atoms with Gasteiger partial charge in [-0.3, -0.25) is 0 Å². The van der Waals surface area contributed by atoms with Gasteiger partial charge in [0.15, 0.2) is 5.96 Å². The van der Waals surface area contributed by atoms with E-state index in [-0.39, 0.29) is 18.5 Å². The SMILES string of the molecule is CCNC(=NCc1cc(C#N)ccc1F)NCC(C)Oc1ccc(F)cc1. The highest BCUT2D eigenvalue weighted by Crippen LogP contribution is 2.13. The molecule has 0 fully saturated rings. The van der Waals surface area contributed by atoms with Crippen LogP contribution >= 0.6 is 0 Å². The van der Waals surface area contributed by atoms with Crippen LogP contribution in [0, 0.1) is 23.0 Å². The first-order valence-corrected chi connectivity index (χ1v) is 8.64. The first-order valence-electron chi connectivity index (χ1n) is 8.64. The fourth-order valence-corrected chi connectivity index (χ4v) is 2.30. The quantitative estimate of drug-likeness (QED) is 0.578. The van der Waals surface area contributed by atoms with Gasteiger partial charge < -0.3 is 15.4 Å². The minimum atomic E-state index is -0.401. The number of rotatable bonds is 7. The molecule has 1 unspecified atom stereocenters. The van der Waals surface area contributed by atoms with Gasteiger partial charge >= 0.3 is 0 Å². The molecule has 2 aromatic rings. The summed E-state index contributed by atoms with van der Waals surface area (Å²) in [6.45, 7) is 4.98. The van der Waals surface area contributed by atoms with Crippen molar-refractivity contribution < 1.29 is 13.5 Å². The zero-order valence-corrected chi connectivity index (χ0v) is 15.3. The molecule has 2 rings (SSSR count). The highest BCUT2D eigenvalue weighted by atomic mass is 19.1. The van der Waals surface area contributed by atoms with Crippen LogP contribution in [0.2, 0.25) is 0 Å². The second-order valence-electron chi connectivity index (χ2n) is 5.88. The lowest BCUT2D eigenvalue weighted by atomic mass is 10.1. The maximum Gasteiger partial charge on any atom is 0.191 e. The normalized spacial score (nSPS) is 12.2. The molecule has 0 aliphatic rings. The number of halogens is 2. The van der Waals surface area contributed by atoms with E-state index >= 15 is 0 Å². The lowest BCUT2D eigenvalue weighted by Gasteiger charge is -2.17. The highest BCUT2D eigenvalue weighted by molar-refractivity contribution is 5.79. The van der Waals surface area contributed by atoms with Crippen LogP contribution in [0.25, 0.3) is 0 Å². The van der Waals surface area contributed by atoms with E-state index in [2.05, 4.69) is 15.6 Å². The molecular formula is C20H22F2N4O. The molecule has 0 bridgehead atoms. The van der Waals surface area contributed by atoms with Crippen LogP contribution in [0.3, 0.4) is 0 Å². The van der Waals surface area contributed by atoms with Crippen molar-refractivity contribution in [3.8, 4) is 11.8 Å². The van der Waals surface area contributed by atoms with Crippen LogP contribution in [-0.2, 0) is 6.54 Å². The van der Waals surface area contributed by atoms with Gasteiger partial charge in [0.1, 0.15) is 23.5 Å². The van der Waals surface area contributed by atoms with Crippen LogP contribution < -0.4 is 15.4 Å². The monoisotopic (exact) mass is 372 g/mol. The Morgan fingerprint density at radius 3 is 2.59 bits per heavy atom. The van der Waals surface area contributed by atoms with Gasteiger partial charge in [0, 0.05) is 12.1 Å². The van der Waals surface area contributed by atoms with E-state index in [0.29, 0.717) is 35.9 Å². The highest BCUT2D eigenvalue weighted by Gasteiger charge is 2.07. The van der Waals surface area contributed by atoms with E-state index in [0.717, 1.165) is 0 Å². The van der Waals surface area contributed by atoms with Crippen LogP contribution in [0.4, 0.5) is 8.78 Å². The zero-order valence-electron chi connectivity index (χ0n) is 15.3. The number of benzene rings is 2. The molecule has 142 valence electrons. The maximum atomic E-state index is 13.9. The Morgan fingerprint density at radius 1 is 1.19 bits per heavy atom. The van der Waals surface area contributed by atoms with E-state index in [1.807, 2.05) is 19.9 Å². The number of guanidine groups is 1. The largest absolute Gasteiger partial charge is 0.489 e. The van der Waals surface area contributed by atoms with E-state index in [4.69, 9.17) is 10.00 Å². The van der Waals surface area contributed by atoms with E-state index in [1.54, 1.807) is 12.1 Å². The third-order valence-electron chi connectivity index (χ3n) is 3.63. The summed E-state index contributed by atoms with van der Waals surface area (Å²) in [5.41, 5.74) is 0.739. The molecular weight excluding hydrogens is 350 g/mol. The standard InChI is InChI=1S/C20H22F2N4O/c1-3-24-20(26-13-16-10-15(11-23)4-9-19(16)22)25-12-14(2)27-18-7-5-17(21)6-8-18/h4-10,14H,3,12-13H2,1-2H3,(H2,24,25,26). The average Bonchev–Trinajstić information content (AvgIpc) is 2.67. The van der Waals surface area contributed by atoms with E-state index in [1.165, 1.54) is 30.3 Å². The van der Waals surface area contributed by atoms with Gasteiger partial charge in [-0.15, -0.1) is 0 Å². The minimum absolute atomic E-state index is 0.101.